The average molecular weight is 335 g/mol. The number of amides is 1. The van der Waals surface area contributed by atoms with E-state index in [0.717, 1.165) is 5.56 Å². The minimum absolute atomic E-state index is 0.0374. The fraction of sp³-hybridized carbons (Fsp3) is 0.500. The summed E-state index contributed by atoms with van der Waals surface area (Å²) < 4.78 is 4.57. The summed E-state index contributed by atoms with van der Waals surface area (Å²) in [6, 6.07) is 7.23. The van der Waals surface area contributed by atoms with E-state index in [2.05, 4.69) is 4.74 Å². The molecular formula is C18H25NO5. The number of carbonyl (C=O) groups excluding carboxylic acids is 3. The third-order valence-electron chi connectivity index (χ3n) is 3.69. The molecule has 1 rings (SSSR count). The molecule has 0 saturated heterocycles. The van der Waals surface area contributed by atoms with Crippen LogP contribution in [0.25, 0.3) is 0 Å². The molecule has 6 nitrogen and oxygen atoms in total. The van der Waals surface area contributed by atoms with Crippen molar-refractivity contribution in [1.29, 1.82) is 0 Å². The van der Waals surface area contributed by atoms with Gasteiger partial charge in [-0.2, -0.15) is 0 Å². The molecule has 6 heteroatoms. The predicted molar refractivity (Wildman–Crippen MR) is 89.7 cm³/mol. The summed E-state index contributed by atoms with van der Waals surface area (Å²) in [6.07, 6.45) is 0.730. The van der Waals surface area contributed by atoms with Gasteiger partial charge in [0.2, 0.25) is 5.91 Å². The van der Waals surface area contributed by atoms with E-state index in [1.54, 1.807) is 12.1 Å². The Labute approximate surface area is 142 Å². The highest BCUT2D eigenvalue weighted by Crippen LogP contribution is 2.09. The molecule has 0 saturated carbocycles. The van der Waals surface area contributed by atoms with Crippen molar-refractivity contribution in [2.75, 3.05) is 26.8 Å². The average Bonchev–Trinajstić information content (AvgIpc) is 2.59. The van der Waals surface area contributed by atoms with Gasteiger partial charge in [-0.15, -0.1) is 0 Å². The number of aliphatic hydroxyl groups excluding tert-OH is 1. The summed E-state index contributed by atoms with van der Waals surface area (Å²) in [5.41, 5.74) is 1.66. The number of hydrogen-bond donors (Lipinski definition) is 1. The molecule has 1 aromatic carbocycles. The van der Waals surface area contributed by atoms with E-state index in [1.807, 2.05) is 19.1 Å². The molecule has 0 bridgehead atoms. The Morgan fingerprint density at radius 3 is 2.29 bits per heavy atom. The van der Waals surface area contributed by atoms with Gasteiger partial charge in [-0.05, 0) is 13.3 Å². The Morgan fingerprint density at radius 2 is 1.71 bits per heavy atom. The normalized spacial score (nSPS) is 10.3. The smallest absolute Gasteiger partial charge is 0.307 e. The van der Waals surface area contributed by atoms with Crippen molar-refractivity contribution in [2.24, 2.45) is 0 Å². The lowest BCUT2D eigenvalue weighted by molar-refractivity contribution is -0.141. The summed E-state index contributed by atoms with van der Waals surface area (Å²) >= 11 is 0. The molecule has 0 heterocycles. The van der Waals surface area contributed by atoms with Crippen molar-refractivity contribution in [3.8, 4) is 0 Å². The van der Waals surface area contributed by atoms with Gasteiger partial charge in [-0.1, -0.05) is 29.8 Å². The van der Waals surface area contributed by atoms with Crippen molar-refractivity contribution >= 4 is 17.7 Å². The zero-order valence-electron chi connectivity index (χ0n) is 14.3. The largest absolute Gasteiger partial charge is 0.469 e. The predicted octanol–water partition coefficient (Wildman–Crippen LogP) is 1.73. The van der Waals surface area contributed by atoms with Crippen LogP contribution in [-0.4, -0.2) is 54.5 Å². The Kier molecular flexibility index (Phi) is 8.71. The van der Waals surface area contributed by atoms with Gasteiger partial charge in [-0.25, -0.2) is 0 Å². The highest BCUT2D eigenvalue weighted by molar-refractivity contribution is 5.98. The van der Waals surface area contributed by atoms with Gasteiger partial charge >= 0.3 is 5.97 Å². The standard InChI is InChI=1S/C18H25NO5/c1-14-4-6-15(7-5-14)16(21)8-9-17(22)19(11-3-13-20)12-10-18(23)24-2/h4-7,20H,3,8-13H2,1-2H3. The van der Waals surface area contributed by atoms with Crippen LogP contribution in [0.4, 0.5) is 0 Å². The first-order valence-corrected chi connectivity index (χ1v) is 8.03. The molecule has 0 radical (unpaired) electrons. The molecule has 0 fully saturated rings. The number of benzene rings is 1. The molecule has 0 aromatic heterocycles. The number of Topliss-reactive ketones (excluding diaryl/α,β-unsaturated/α-hetero) is 1. The van der Waals surface area contributed by atoms with Crippen LogP contribution in [0, 0.1) is 6.92 Å². The summed E-state index contributed by atoms with van der Waals surface area (Å²) in [6.45, 7) is 2.48. The number of methoxy groups -OCH3 is 1. The quantitative estimate of drug-likeness (QED) is 0.520. The lowest BCUT2D eigenvalue weighted by Gasteiger charge is -2.21. The van der Waals surface area contributed by atoms with E-state index in [4.69, 9.17) is 5.11 Å². The van der Waals surface area contributed by atoms with Crippen LogP contribution in [0.1, 0.15) is 41.6 Å². The van der Waals surface area contributed by atoms with Gasteiger partial charge in [0.15, 0.2) is 5.78 Å². The van der Waals surface area contributed by atoms with Crippen LogP contribution in [-0.2, 0) is 14.3 Å². The van der Waals surface area contributed by atoms with E-state index in [-0.39, 0.29) is 44.1 Å². The van der Waals surface area contributed by atoms with Crippen LogP contribution in [0.2, 0.25) is 0 Å². The third-order valence-corrected chi connectivity index (χ3v) is 3.69. The highest BCUT2D eigenvalue weighted by atomic mass is 16.5. The molecule has 1 aromatic rings. The molecule has 0 aliphatic rings. The maximum Gasteiger partial charge on any atom is 0.307 e. The molecule has 132 valence electrons. The van der Waals surface area contributed by atoms with Crippen LogP contribution in [0.5, 0.6) is 0 Å². The van der Waals surface area contributed by atoms with Gasteiger partial charge < -0.3 is 14.7 Å². The Balaban J connectivity index is 2.54. The molecular weight excluding hydrogens is 310 g/mol. The van der Waals surface area contributed by atoms with E-state index in [1.165, 1.54) is 12.0 Å². The minimum Gasteiger partial charge on any atom is -0.469 e. The van der Waals surface area contributed by atoms with Crippen LogP contribution in [0.15, 0.2) is 24.3 Å². The van der Waals surface area contributed by atoms with E-state index in [9.17, 15) is 14.4 Å². The molecule has 0 aliphatic heterocycles. The number of nitrogens with zero attached hydrogens (tertiary/aromatic N) is 1. The molecule has 0 unspecified atom stereocenters. The van der Waals surface area contributed by atoms with Gasteiger partial charge in [0, 0.05) is 38.1 Å². The molecule has 1 N–H and O–H groups in total. The summed E-state index contributed by atoms with van der Waals surface area (Å²) in [7, 11) is 1.29. The summed E-state index contributed by atoms with van der Waals surface area (Å²) in [5, 5.41) is 8.93. The molecule has 0 spiro atoms. The van der Waals surface area contributed by atoms with Crippen LogP contribution >= 0.6 is 0 Å². The summed E-state index contributed by atoms with van der Waals surface area (Å²) in [4.78, 5) is 37.1. The molecule has 1 amide bonds. The van der Waals surface area contributed by atoms with Gasteiger partial charge in [0.05, 0.1) is 13.5 Å². The van der Waals surface area contributed by atoms with Crippen molar-refractivity contribution in [3.05, 3.63) is 35.4 Å². The fourth-order valence-electron chi connectivity index (χ4n) is 2.21. The Hall–Kier alpha value is -2.21. The van der Waals surface area contributed by atoms with E-state index >= 15 is 0 Å². The van der Waals surface area contributed by atoms with E-state index in [0.29, 0.717) is 18.5 Å². The lowest BCUT2D eigenvalue weighted by atomic mass is 10.0. The number of ether oxygens (including phenoxy) is 1. The first-order chi connectivity index (χ1) is 11.5. The van der Waals surface area contributed by atoms with Crippen molar-refractivity contribution < 1.29 is 24.2 Å². The molecule has 24 heavy (non-hydrogen) atoms. The minimum atomic E-state index is -0.396. The summed E-state index contributed by atoms with van der Waals surface area (Å²) in [5.74, 6) is -0.682. The van der Waals surface area contributed by atoms with Crippen LogP contribution < -0.4 is 0 Å². The fourth-order valence-corrected chi connectivity index (χ4v) is 2.21. The molecule has 0 atom stereocenters. The second kappa shape index (κ2) is 10.5. The van der Waals surface area contributed by atoms with Gasteiger partial charge in [0.1, 0.15) is 0 Å². The SMILES string of the molecule is COC(=O)CCN(CCCO)C(=O)CCC(=O)c1ccc(C)cc1. The van der Waals surface area contributed by atoms with Gasteiger partial charge in [0.25, 0.3) is 0 Å². The maximum absolute atomic E-state index is 12.3. The first-order valence-electron chi connectivity index (χ1n) is 8.03. The van der Waals surface area contributed by atoms with Crippen molar-refractivity contribution in [3.63, 3.8) is 0 Å². The third kappa shape index (κ3) is 6.91. The Morgan fingerprint density at radius 1 is 1.04 bits per heavy atom. The number of hydrogen-bond acceptors (Lipinski definition) is 5. The highest BCUT2D eigenvalue weighted by Gasteiger charge is 2.17. The number of aliphatic hydroxyl groups is 1. The second-order valence-electron chi connectivity index (χ2n) is 5.57. The molecule has 0 aliphatic carbocycles. The van der Waals surface area contributed by atoms with Gasteiger partial charge in [-0.3, -0.25) is 14.4 Å². The van der Waals surface area contributed by atoms with Crippen LogP contribution in [0.3, 0.4) is 0 Å². The monoisotopic (exact) mass is 335 g/mol. The first kappa shape index (κ1) is 19.8. The zero-order valence-corrected chi connectivity index (χ0v) is 14.3. The zero-order chi connectivity index (χ0) is 17.9. The van der Waals surface area contributed by atoms with Crippen molar-refractivity contribution in [1.82, 2.24) is 4.90 Å². The number of aryl methyl sites for hydroxylation is 1. The maximum atomic E-state index is 12.3. The number of carbonyl (C=O) groups is 3. The number of esters is 1. The number of rotatable bonds is 10. The lowest BCUT2D eigenvalue weighted by Crippen LogP contribution is -2.34. The number of ketones is 1. The Bertz CT molecular complexity index is 553. The van der Waals surface area contributed by atoms with Crippen molar-refractivity contribution in [2.45, 2.75) is 32.6 Å². The van der Waals surface area contributed by atoms with E-state index < -0.39 is 5.97 Å². The topological polar surface area (TPSA) is 83.9 Å². The second-order valence-corrected chi connectivity index (χ2v) is 5.57.